The highest BCUT2D eigenvalue weighted by Crippen LogP contribution is 2.37. The van der Waals surface area contributed by atoms with Gasteiger partial charge in [0.1, 0.15) is 0 Å². The summed E-state index contributed by atoms with van der Waals surface area (Å²) in [6.07, 6.45) is -4.44. The SMILES string of the molecule is CC1CN=C(Nc2ccc(Cl)cc2C(F)(F)F)SC1. The highest BCUT2D eigenvalue weighted by Gasteiger charge is 2.34. The Morgan fingerprint density at radius 2 is 2.16 bits per heavy atom. The summed E-state index contributed by atoms with van der Waals surface area (Å²) in [5.41, 5.74) is -0.792. The molecule has 19 heavy (non-hydrogen) atoms. The van der Waals surface area contributed by atoms with Gasteiger partial charge in [-0.2, -0.15) is 13.2 Å². The van der Waals surface area contributed by atoms with E-state index in [0.717, 1.165) is 11.8 Å². The van der Waals surface area contributed by atoms with Crippen LogP contribution in [-0.2, 0) is 6.18 Å². The van der Waals surface area contributed by atoms with Gasteiger partial charge in [-0.15, -0.1) is 0 Å². The van der Waals surface area contributed by atoms with Crippen LogP contribution in [0.25, 0.3) is 0 Å². The maximum absolute atomic E-state index is 12.9. The summed E-state index contributed by atoms with van der Waals surface area (Å²) in [7, 11) is 0. The van der Waals surface area contributed by atoms with E-state index in [2.05, 4.69) is 17.2 Å². The predicted octanol–water partition coefficient (Wildman–Crippen LogP) is 4.51. The molecule has 1 atom stereocenters. The number of hydrogen-bond donors (Lipinski definition) is 1. The molecule has 1 aromatic rings. The fourth-order valence-electron chi connectivity index (χ4n) is 1.61. The Labute approximate surface area is 118 Å². The van der Waals surface area contributed by atoms with Crippen molar-refractivity contribution >= 4 is 34.2 Å². The van der Waals surface area contributed by atoms with Crippen LogP contribution in [0.15, 0.2) is 23.2 Å². The van der Waals surface area contributed by atoms with Crippen molar-refractivity contribution in [1.82, 2.24) is 0 Å². The van der Waals surface area contributed by atoms with Crippen molar-refractivity contribution in [2.24, 2.45) is 10.9 Å². The van der Waals surface area contributed by atoms with Gasteiger partial charge in [-0.05, 0) is 24.1 Å². The number of thioether (sulfide) groups is 1. The number of anilines is 1. The van der Waals surface area contributed by atoms with Gasteiger partial charge < -0.3 is 5.32 Å². The number of nitrogens with one attached hydrogen (secondary N) is 1. The molecule has 1 unspecified atom stereocenters. The minimum atomic E-state index is -4.44. The van der Waals surface area contributed by atoms with Crippen molar-refractivity contribution in [1.29, 1.82) is 0 Å². The van der Waals surface area contributed by atoms with Crippen LogP contribution in [0, 0.1) is 5.92 Å². The molecule has 1 aromatic carbocycles. The van der Waals surface area contributed by atoms with Crippen LogP contribution in [-0.4, -0.2) is 17.5 Å². The van der Waals surface area contributed by atoms with Gasteiger partial charge in [0.2, 0.25) is 0 Å². The first-order valence-electron chi connectivity index (χ1n) is 5.67. The molecule has 0 saturated carbocycles. The van der Waals surface area contributed by atoms with E-state index in [1.807, 2.05) is 0 Å². The van der Waals surface area contributed by atoms with E-state index in [9.17, 15) is 13.2 Å². The van der Waals surface area contributed by atoms with Gasteiger partial charge in [-0.25, -0.2) is 0 Å². The van der Waals surface area contributed by atoms with E-state index in [4.69, 9.17) is 11.6 Å². The first-order chi connectivity index (χ1) is 8.86. The maximum Gasteiger partial charge on any atom is 0.418 e. The normalized spacial score (nSPS) is 20.1. The third-order valence-electron chi connectivity index (χ3n) is 2.58. The Bertz CT molecular complexity index is 502. The Balaban J connectivity index is 2.25. The Morgan fingerprint density at radius 3 is 2.74 bits per heavy atom. The zero-order valence-corrected chi connectivity index (χ0v) is 11.7. The minimum absolute atomic E-state index is 0.0160. The molecule has 2 nitrogen and oxygen atoms in total. The molecule has 1 heterocycles. The summed E-state index contributed by atoms with van der Waals surface area (Å²) >= 11 is 7.05. The lowest BCUT2D eigenvalue weighted by Gasteiger charge is -2.20. The number of amidine groups is 1. The summed E-state index contributed by atoms with van der Waals surface area (Å²) in [5, 5.41) is 3.32. The first-order valence-corrected chi connectivity index (χ1v) is 7.03. The van der Waals surface area contributed by atoms with Crippen molar-refractivity contribution in [2.75, 3.05) is 17.6 Å². The summed E-state index contributed by atoms with van der Waals surface area (Å²) in [4.78, 5) is 4.22. The largest absolute Gasteiger partial charge is 0.418 e. The topological polar surface area (TPSA) is 24.4 Å². The molecule has 0 radical (unpaired) electrons. The Kier molecular flexibility index (Phi) is 4.30. The third-order valence-corrected chi connectivity index (χ3v) is 4.06. The second kappa shape index (κ2) is 5.63. The standard InChI is InChI=1S/C12H12ClF3N2S/c1-7-5-17-11(19-6-7)18-10-3-2-8(13)4-9(10)12(14,15)16/h2-4,7H,5-6H2,1H3,(H,17,18). The van der Waals surface area contributed by atoms with Crippen molar-refractivity contribution in [2.45, 2.75) is 13.1 Å². The van der Waals surface area contributed by atoms with Crippen LogP contribution in [0.5, 0.6) is 0 Å². The number of aliphatic imine (C=N–C) groups is 1. The molecule has 0 saturated heterocycles. The maximum atomic E-state index is 12.9. The minimum Gasteiger partial charge on any atom is -0.334 e. The fraction of sp³-hybridized carbons (Fsp3) is 0.417. The third kappa shape index (κ3) is 3.79. The van der Waals surface area contributed by atoms with E-state index in [0.29, 0.717) is 17.6 Å². The smallest absolute Gasteiger partial charge is 0.334 e. The van der Waals surface area contributed by atoms with Gasteiger partial charge in [0.05, 0.1) is 11.3 Å². The number of benzene rings is 1. The number of alkyl halides is 3. The molecule has 0 aliphatic carbocycles. The highest BCUT2D eigenvalue weighted by molar-refractivity contribution is 8.14. The molecule has 1 aliphatic rings. The van der Waals surface area contributed by atoms with Crippen molar-refractivity contribution in [3.05, 3.63) is 28.8 Å². The quantitative estimate of drug-likeness (QED) is 0.825. The number of rotatable bonds is 1. The van der Waals surface area contributed by atoms with Crippen molar-refractivity contribution in [3.8, 4) is 0 Å². The predicted molar refractivity (Wildman–Crippen MR) is 74.0 cm³/mol. The van der Waals surface area contributed by atoms with E-state index >= 15 is 0 Å². The van der Waals surface area contributed by atoms with Crippen LogP contribution >= 0.6 is 23.4 Å². The first kappa shape index (κ1) is 14.5. The number of halogens is 4. The van der Waals surface area contributed by atoms with Crippen LogP contribution < -0.4 is 5.32 Å². The van der Waals surface area contributed by atoms with Crippen molar-refractivity contribution in [3.63, 3.8) is 0 Å². The van der Waals surface area contributed by atoms with E-state index in [-0.39, 0.29) is 10.7 Å². The number of hydrogen-bond acceptors (Lipinski definition) is 3. The van der Waals surface area contributed by atoms with E-state index < -0.39 is 11.7 Å². The van der Waals surface area contributed by atoms with E-state index in [1.165, 1.54) is 23.9 Å². The Morgan fingerprint density at radius 1 is 1.42 bits per heavy atom. The Hall–Kier alpha value is -0.880. The monoisotopic (exact) mass is 308 g/mol. The summed E-state index contributed by atoms with van der Waals surface area (Å²) < 4.78 is 38.7. The summed E-state index contributed by atoms with van der Waals surface area (Å²) in [5.74, 6) is 1.30. The molecule has 0 aromatic heterocycles. The molecule has 0 amide bonds. The molecule has 104 valence electrons. The molecule has 0 bridgehead atoms. The molecule has 1 aliphatic heterocycles. The van der Waals surface area contributed by atoms with Crippen LogP contribution in [0.1, 0.15) is 12.5 Å². The van der Waals surface area contributed by atoms with E-state index in [1.54, 1.807) is 0 Å². The molecular weight excluding hydrogens is 297 g/mol. The molecule has 2 rings (SSSR count). The second-order valence-corrected chi connectivity index (χ2v) is 5.82. The molecule has 1 N–H and O–H groups in total. The van der Waals surface area contributed by atoms with Gasteiger partial charge in [-0.1, -0.05) is 30.3 Å². The second-order valence-electron chi connectivity index (χ2n) is 4.37. The van der Waals surface area contributed by atoms with Gasteiger partial charge >= 0.3 is 6.18 Å². The van der Waals surface area contributed by atoms with Gasteiger partial charge in [0.25, 0.3) is 0 Å². The lowest BCUT2D eigenvalue weighted by Crippen LogP contribution is -2.20. The number of nitrogens with zero attached hydrogens (tertiary/aromatic N) is 1. The van der Waals surface area contributed by atoms with Gasteiger partial charge in [0, 0.05) is 17.3 Å². The van der Waals surface area contributed by atoms with Gasteiger partial charge in [-0.3, -0.25) is 4.99 Å². The lowest BCUT2D eigenvalue weighted by molar-refractivity contribution is -0.136. The lowest BCUT2D eigenvalue weighted by atomic mass is 10.1. The molecule has 0 fully saturated rings. The molecule has 0 spiro atoms. The average molecular weight is 309 g/mol. The van der Waals surface area contributed by atoms with Crippen LogP contribution in [0.2, 0.25) is 5.02 Å². The molecular formula is C12H12ClF3N2S. The van der Waals surface area contributed by atoms with Crippen LogP contribution in [0.4, 0.5) is 18.9 Å². The zero-order chi connectivity index (χ0) is 14.0. The zero-order valence-electron chi connectivity index (χ0n) is 10.1. The van der Waals surface area contributed by atoms with Crippen molar-refractivity contribution < 1.29 is 13.2 Å². The summed E-state index contributed by atoms with van der Waals surface area (Å²) in [6, 6.07) is 3.67. The summed E-state index contributed by atoms with van der Waals surface area (Å²) in [6.45, 7) is 2.68. The van der Waals surface area contributed by atoms with Crippen LogP contribution in [0.3, 0.4) is 0 Å². The molecule has 7 heteroatoms. The highest BCUT2D eigenvalue weighted by atomic mass is 35.5. The van der Waals surface area contributed by atoms with Gasteiger partial charge in [0.15, 0.2) is 5.17 Å². The average Bonchev–Trinajstić information content (AvgIpc) is 2.33. The fourth-order valence-corrected chi connectivity index (χ4v) is 2.68.